The van der Waals surface area contributed by atoms with Crippen LogP contribution in [0.15, 0.2) is 0 Å². The number of hydrogen-bond acceptors (Lipinski definition) is 1. The second-order valence-corrected chi connectivity index (χ2v) is 7.18. The molecule has 92 valence electrons. The lowest BCUT2D eigenvalue weighted by Gasteiger charge is -2.40. The number of likely N-dealkylation sites (tertiary alicyclic amines) is 1. The molecule has 1 aliphatic heterocycles. The molecule has 0 atom stereocenters. The molecule has 0 aromatic rings. The molecule has 0 bridgehead atoms. The third-order valence-electron chi connectivity index (χ3n) is 5.38. The highest BCUT2D eigenvalue weighted by Gasteiger charge is 2.44. The van der Waals surface area contributed by atoms with Crippen LogP contribution in [0.3, 0.4) is 0 Å². The second kappa shape index (κ2) is 4.28. The Morgan fingerprint density at radius 2 is 1.50 bits per heavy atom. The molecule has 0 amide bonds. The van der Waals surface area contributed by atoms with Crippen molar-refractivity contribution in [3.05, 3.63) is 0 Å². The van der Waals surface area contributed by atoms with Gasteiger partial charge in [-0.1, -0.05) is 28.8 Å². The van der Waals surface area contributed by atoms with Crippen molar-refractivity contribution >= 4 is 15.9 Å². The van der Waals surface area contributed by atoms with Crippen molar-refractivity contribution in [1.82, 2.24) is 4.90 Å². The summed E-state index contributed by atoms with van der Waals surface area (Å²) in [5.41, 5.74) is 1.47. The highest BCUT2D eigenvalue weighted by atomic mass is 79.9. The zero-order valence-corrected chi connectivity index (χ0v) is 11.9. The number of hydrogen-bond donors (Lipinski definition) is 0. The Labute approximate surface area is 108 Å². The van der Waals surface area contributed by atoms with Gasteiger partial charge in [0, 0.05) is 11.9 Å². The van der Waals surface area contributed by atoms with Crippen molar-refractivity contribution in [2.24, 2.45) is 10.8 Å². The number of halogens is 1. The average Bonchev–Trinajstić information content (AvgIpc) is 2.95. The minimum atomic E-state index is 0.681. The van der Waals surface area contributed by atoms with E-state index >= 15 is 0 Å². The van der Waals surface area contributed by atoms with E-state index in [0.717, 1.165) is 5.41 Å². The smallest absolute Gasteiger partial charge is 0.0100 e. The first-order valence-electron chi connectivity index (χ1n) is 7.04. The fraction of sp³-hybridized carbons (Fsp3) is 1.00. The van der Waals surface area contributed by atoms with Crippen molar-refractivity contribution in [2.75, 3.05) is 25.0 Å². The molecule has 0 N–H and O–H groups in total. The van der Waals surface area contributed by atoms with Crippen molar-refractivity contribution in [3.8, 4) is 0 Å². The molecular weight excluding hydrogens is 262 g/mol. The molecule has 0 aromatic heterocycles. The predicted molar refractivity (Wildman–Crippen MR) is 72.0 cm³/mol. The van der Waals surface area contributed by atoms with Crippen molar-refractivity contribution in [2.45, 2.75) is 51.4 Å². The quantitative estimate of drug-likeness (QED) is 0.713. The molecule has 1 saturated heterocycles. The van der Waals surface area contributed by atoms with Gasteiger partial charge in [-0.2, -0.15) is 0 Å². The van der Waals surface area contributed by atoms with Gasteiger partial charge in [0.05, 0.1) is 0 Å². The number of alkyl halides is 1. The Kier molecular flexibility index (Phi) is 3.08. The van der Waals surface area contributed by atoms with Crippen LogP contribution in [0.4, 0.5) is 0 Å². The number of nitrogens with zero attached hydrogens (tertiary/aromatic N) is 1. The van der Waals surface area contributed by atoms with E-state index in [2.05, 4.69) is 20.8 Å². The summed E-state index contributed by atoms with van der Waals surface area (Å²) in [6.45, 7) is 4.14. The zero-order chi connectivity index (χ0) is 11.1. The number of piperidine rings is 1. The van der Waals surface area contributed by atoms with E-state index in [0.29, 0.717) is 5.41 Å². The molecule has 2 saturated carbocycles. The van der Waals surface area contributed by atoms with E-state index in [1.54, 1.807) is 0 Å². The molecule has 1 spiro atoms. The predicted octanol–water partition coefficient (Wildman–Crippen LogP) is 3.82. The van der Waals surface area contributed by atoms with E-state index in [4.69, 9.17) is 0 Å². The molecule has 1 heterocycles. The normalized spacial score (nSPS) is 32.1. The van der Waals surface area contributed by atoms with Crippen LogP contribution >= 0.6 is 15.9 Å². The fourth-order valence-electron chi connectivity index (χ4n) is 3.80. The maximum atomic E-state index is 3.69. The third kappa shape index (κ3) is 2.20. The standard InChI is InChI=1S/C14H24BrN/c15-11-14(5-6-14)12-16-9-7-13(8-10-16)3-1-2-4-13/h1-12H2. The van der Waals surface area contributed by atoms with Gasteiger partial charge in [0.2, 0.25) is 0 Å². The van der Waals surface area contributed by atoms with E-state index in [1.165, 1.54) is 76.3 Å². The molecule has 0 aromatic carbocycles. The van der Waals surface area contributed by atoms with Crippen LogP contribution in [-0.2, 0) is 0 Å². The summed E-state index contributed by atoms with van der Waals surface area (Å²) in [5.74, 6) is 0. The SMILES string of the molecule is BrCC1(CN2CCC3(CCCC3)CC2)CC1. The summed E-state index contributed by atoms with van der Waals surface area (Å²) < 4.78 is 0. The van der Waals surface area contributed by atoms with Gasteiger partial charge in [-0.3, -0.25) is 0 Å². The highest BCUT2D eigenvalue weighted by Crippen LogP contribution is 2.50. The lowest BCUT2D eigenvalue weighted by Crippen LogP contribution is -2.41. The third-order valence-corrected chi connectivity index (χ3v) is 6.57. The van der Waals surface area contributed by atoms with E-state index < -0.39 is 0 Å². The first-order chi connectivity index (χ1) is 7.76. The lowest BCUT2D eigenvalue weighted by atomic mass is 9.77. The van der Waals surface area contributed by atoms with Crippen molar-refractivity contribution in [1.29, 1.82) is 0 Å². The Morgan fingerprint density at radius 3 is 2.00 bits per heavy atom. The van der Waals surface area contributed by atoms with Gasteiger partial charge >= 0.3 is 0 Å². The topological polar surface area (TPSA) is 3.24 Å². The lowest BCUT2D eigenvalue weighted by molar-refractivity contribution is 0.0953. The van der Waals surface area contributed by atoms with Gasteiger partial charge in [-0.15, -0.1) is 0 Å². The maximum absolute atomic E-state index is 3.69. The van der Waals surface area contributed by atoms with E-state index in [9.17, 15) is 0 Å². The first kappa shape index (κ1) is 11.5. The summed E-state index contributed by atoms with van der Waals surface area (Å²) in [7, 11) is 0. The minimum absolute atomic E-state index is 0.681. The Balaban J connectivity index is 1.51. The van der Waals surface area contributed by atoms with Crippen LogP contribution < -0.4 is 0 Å². The van der Waals surface area contributed by atoms with Gasteiger partial charge in [-0.25, -0.2) is 0 Å². The van der Waals surface area contributed by atoms with Crippen LogP contribution in [0.25, 0.3) is 0 Å². The van der Waals surface area contributed by atoms with E-state index in [-0.39, 0.29) is 0 Å². The van der Waals surface area contributed by atoms with Crippen molar-refractivity contribution in [3.63, 3.8) is 0 Å². The maximum Gasteiger partial charge on any atom is 0.0100 e. The van der Waals surface area contributed by atoms with Gasteiger partial charge in [0.15, 0.2) is 0 Å². The van der Waals surface area contributed by atoms with Crippen LogP contribution in [-0.4, -0.2) is 29.9 Å². The van der Waals surface area contributed by atoms with Gasteiger partial charge in [0.25, 0.3) is 0 Å². The molecule has 2 aliphatic carbocycles. The average molecular weight is 286 g/mol. The van der Waals surface area contributed by atoms with Crippen LogP contribution in [0.1, 0.15) is 51.4 Å². The second-order valence-electron chi connectivity index (χ2n) is 6.62. The molecule has 1 nitrogen and oxygen atoms in total. The zero-order valence-electron chi connectivity index (χ0n) is 10.3. The number of rotatable bonds is 3. The first-order valence-corrected chi connectivity index (χ1v) is 8.17. The molecule has 0 unspecified atom stereocenters. The largest absolute Gasteiger partial charge is 0.303 e. The summed E-state index contributed by atoms with van der Waals surface area (Å²) >= 11 is 3.69. The Hall–Kier alpha value is 0.440. The molecule has 3 fully saturated rings. The summed E-state index contributed by atoms with van der Waals surface area (Å²) in [5, 5.41) is 1.22. The van der Waals surface area contributed by atoms with Crippen LogP contribution in [0.2, 0.25) is 0 Å². The minimum Gasteiger partial charge on any atom is -0.303 e. The Bertz CT molecular complexity index is 243. The molecule has 2 heteroatoms. The molecule has 0 radical (unpaired) electrons. The van der Waals surface area contributed by atoms with Gasteiger partial charge in [0.1, 0.15) is 0 Å². The summed E-state index contributed by atoms with van der Waals surface area (Å²) in [4.78, 5) is 2.75. The fourth-order valence-corrected chi connectivity index (χ4v) is 4.53. The van der Waals surface area contributed by atoms with E-state index in [1.807, 2.05) is 0 Å². The monoisotopic (exact) mass is 285 g/mol. The molecule has 3 aliphatic rings. The van der Waals surface area contributed by atoms with Crippen LogP contribution in [0.5, 0.6) is 0 Å². The summed E-state index contributed by atoms with van der Waals surface area (Å²) in [6, 6.07) is 0. The highest BCUT2D eigenvalue weighted by molar-refractivity contribution is 9.09. The van der Waals surface area contributed by atoms with Crippen LogP contribution in [0, 0.1) is 10.8 Å². The van der Waals surface area contributed by atoms with Gasteiger partial charge < -0.3 is 4.90 Å². The van der Waals surface area contributed by atoms with Crippen molar-refractivity contribution < 1.29 is 0 Å². The molecule has 16 heavy (non-hydrogen) atoms. The molecular formula is C14H24BrN. The Morgan fingerprint density at radius 1 is 0.875 bits per heavy atom. The van der Waals surface area contributed by atoms with Gasteiger partial charge in [-0.05, 0) is 62.4 Å². The summed E-state index contributed by atoms with van der Waals surface area (Å²) in [6.07, 6.45) is 12.0. The molecule has 3 rings (SSSR count).